The van der Waals surface area contributed by atoms with Crippen molar-refractivity contribution in [3.8, 4) is 5.75 Å². The number of ether oxygens (including phenoxy) is 1. The minimum absolute atomic E-state index is 0.00195. The fourth-order valence-corrected chi connectivity index (χ4v) is 20.0. The number of carbonyl (C=O) groups is 8. The number of urea groups is 5. The van der Waals surface area contributed by atoms with Gasteiger partial charge in [-0.25, -0.2) is 99.7 Å². The molecule has 12 amide bonds. The molecule has 12 rings (SSSR count). The third-order valence-electron chi connectivity index (χ3n) is 22.2. The minimum atomic E-state index is -3.98. The van der Waals surface area contributed by atoms with E-state index < -0.39 is 86.2 Å². The summed E-state index contributed by atoms with van der Waals surface area (Å²) < 4.78 is 137. The minimum Gasteiger partial charge on any atom is -0.496 e. The van der Waals surface area contributed by atoms with Crippen LogP contribution in [0.5, 0.6) is 5.75 Å². The molecule has 2 aliphatic heterocycles. The van der Waals surface area contributed by atoms with Crippen molar-refractivity contribution in [3.63, 3.8) is 0 Å². The van der Waals surface area contributed by atoms with Crippen LogP contribution in [0, 0.1) is 37.5 Å². The second-order valence-electron chi connectivity index (χ2n) is 32.2. The van der Waals surface area contributed by atoms with Crippen LogP contribution in [0.3, 0.4) is 0 Å². The molecular formula is C87H118Cl2N14O19S5. The maximum absolute atomic E-state index is 12.5. The van der Waals surface area contributed by atoms with Crippen LogP contribution >= 0.6 is 23.2 Å². The molecule has 127 heavy (non-hydrogen) atoms. The zero-order valence-corrected chi connectivity index (χ0v) is 78.1. The molecule has 33 nitrogen and oxygen atoms in total. The van der Waals surface area contributed by atoms with E-state index >= 15 is 0 Å². The van der Waals surface area contributed by atoms with E-state index in [1.807, 2.05) is 49.1 Å². The number of nitrogens with one attached hydrogen (secondary N) is 12. The molecule has 3 saturated carbocycles. The Balaban J connectivity index is 0.000000201. The summed E-state index contributed by atoms with van der Waals surface area (Å²) in [5.41, 5.74) is 10.9. The van der Waals surface area contributed by atoms with Crippen molar-refractivity contribution in [2.45, 2.75) is 213 Å². The van der Waals surface area contributed by atoms with Crippen molar-refractivity contribution >= 4 is 121 Å². The molecule has 694 valence electrons. The number of sulfonamides is 5. The van der Waals surface area contributed by atoms with Gasteiger partial charge in [-0.1, -0.05) is 148 Å². The van der Waals surface area contributed by atoms with Gasteiger partial charge in [0, 0.05) is 67.9 Å². The van der Waals surface area contributed by atoms with Crippen LogP contribution in [-0.4, -0.2) is 165 Å². The standard InChI is InChI=1S/C25H35N3O5S.C23H28ClN3O5S.C15H21N3O3S.C14H21N3O3S.C10H13ClN2O3S/c1-4-21-17(3)15-22(23(21)29)24(30)26-14-13-18-7-11-20(12-8-18)34(32,33)28-25(31)27-19-9-5-16(2)6-10-19;1-32-21-12-9-17(24)15-20(21)22(28)25-14-13-16-7-10-19(11-8-16)33(30,31)27-23(29)26-18-5-3-2-4-6-18;1-11-5-7-14(8-6-11)22(20,21)17-15(19)16-18-9-12-3-2-4-13(12)10-18;1-12-6-8-13(9-7-12)21(19,20)16-14(18)15-17-10-4-2-3-5-11-17;1-2-7-12-10(14)13-17(15,16)9-5-3-8(11)4-6-9/h7-8,11-12,16,19,22H,4-6,9-10,13-15H2,1-3H3,(H,26,30)(H2,27,28,31);7-12,15,18H,2-6,13-14H2,1H3,(H,25,28)(H2,26,27,29);5-8,12-13H,2-4,9-10H2,1H3,(H2,16,17,19);6-9H,2-5,10-11H2,1H3,(H2,15,16,18);3-6H,2,7H2,1H3,(H2,12,13,14). The molecule has 3 atom stereocenters. The number of aryl methyl sites for hydroxylation is 2. The van der Waals surface area contributed by atoms with E-state index in [2.05, 4.69) is 58.5 Å². The fourth-order valence-electron chi connectivity index (χ4n) is 15.2. The normalized spacial score (nSPS) is 18.5. The van der Waals surface area contributed by atoms with E-state index in [4.69, 9.17) is 27.9 Å². The number of methoxy groups -OCH3 is 1. The molecule has 5 fully saturated rings. The fraction of sp³-hybridized carbons (Fsp3) is 0.471. The van der Waals surface area contributed by atoms with Crippen molar-refractivity contribution in [1.29, 1.82) is 0 Å². The highest BCUT2D eigenvalue weighted by atomic mass is 35.5. The van der Waals surface area contributed by atoms with Gasteiger partial charge in [0.2, 0.25) is 5.91 Å². The summed E-state index contributed by atoms with van der Waals surface area (Å²) in [6.45, 7) is 15.8. The molecule has 0 spiro atoms. The molecule has 2 saturated heterocycles. The van der Waals surface area contributed by atoms with Crippen LogP contribution < -0.4 is 65.8 Å². The van der Waals surface area contributed by atoms with Gasteiger partial charge in [-0.05, 0) is 243 Å². The predicted molar refractivity (Wildman–Crippen MR) is 484 cm³/mol. The van der Waals surface area contributed by atoms with Crippen molar-refractivity contribution in [3.05, 3.63) is 189 Å². The summed E-state index contributed by atoms with van der Waals surface area (Å²) in [5, 5.41) is 18.0. The van der Waals surface area contributed by atoms with Gasteiger partial charge in [-0.15, -0.1) is 0 Å². The Kier molecular flexibility index (Phi) is 39.5. The molecule has 0 radical (unpaired) electrons. The Morgan fingerprint density at radius 3 is 1.28 bits per heavy atom. The number of nitrogens with zero attached hydrogens (tertiary/aromatic N) is 2. The van der Waals surface area contributed by atoms with Gasteiger partial charge in [0.1, 0.15) is 11.7 Å². The Bertz CT molecular complexity index is 5360. The van der Waals surface area contributed by atoms with Gasteiger partial charge in [0.05, 0.1) is 37.2 Å². The lowest BCUT2D eigenvalue weighted by molar-refractivity contribution is -0.131. The number of Topliss-reactive ketones (excluding diaryl/α,β-unsaturated/α-hetero) is 1. The monoisotopic (exact) mass is 1890 g/mol. The van der Waals surface area contributed by atoms with E-state index in [9.17, 15) is 80.4 Å². The lowest BCUT2D eigenvalue weighted by Gasteiger charge is -2.26. The van der Waals surface area contributed by atoms with Gasteiger partial charge in [-0.3, -0.25) is 25.2 Å². The van der Waals surface area contributed by atoms with E-state index in [-0.39, 0.29) is 54.2 Å². The van der Waals surface area contributed by atoms with Crippen LogP contribution in [0.15, 0.2) is 175 Å². The highest BCUT2D eigenvalue weighted by Crippen LogP contribution is 2.37. The molecule has 0 bridgehead atoms. The first-order chi connectivity index (χ1) is 60.2. The third kappa shape index (κ3) is 33.3. The summed E-state index contributed by atoms with van der Waals surface area (Å²) in [6.07, 6.45) is 19.5. The maximum atomic E-state index is 12.5. The third-order valence-corrected chi connectivity index (χ3v) is 29.4. The van der Waals surface area contributed by atoms with E-state index in [0.717, 1.165) is 149 Å². The number of amides is 12. The highest BCUT2D eigenvalue weighted by molar-refractivity contribution is 7.91. The average Bonchev–Trinajstić information content (AvgIpc) is 1.77. The maximum Gasteiger partial charge on any atom is 0.343 e. The number of halogens is 2. The van der Waals surface area contributed by atoms with E-state index in [1.165, 1.54) is 105 Å². The van der Waals surface area contributed by atoms with Gasteiger partial charge in [0.25, 0.3) is 56.0 Å². The first kappa shape index (κ1) is 102. The number of benzene rings is 6. The van der Waals surface area contributed by atoms with Crippen molar-refractivity contribution < 1.29 is 85.2 Å². The number of carbonyl (C=O) groups excluding carboxylic acids is 8. The second kappa shape index (κ2) is 49.0. The zero-order valence-electron chi connectivity index (χ0n) is 72.5. The van der Waals surface area contributed by atoms with Crippen LogP contribution in [0.25, 0.3) is 0 Å². The topological polar surface area (TPSA) is 467 Å². The van der Waals surface area contributed by atoms with Crippen molar-refractivity contribution in [2.24, 2.45) is 23.7 Å². The molecular weight excluding hydrogens is 1780 g/mol. The van der Waals surface area contributed by atoms with Gasteiger partial charge in [-0.2, -0.15) is 0 Å². The Morgan fingerprint density at radius 1 is 0.433 bits per heavy atom. The summed E-state index contributed by atoms with van der Waals surface area (Å²) in [4.78, 5) is 96.6. The predicted octanol–water partition coefficient (Wildman–Crippen LogP) is 12.0. The summed E-state index contributed by atoms with van der Waals surface area (Å²) in [7, 11) is -17.9. The molecule has 6 aliphatic rings. The molecule has 3 unspecified atom stereocenters. The number of allylic oxidation sites excluding steroid dienone is 2. The number of hydrogen-bond donors (Lipinski definition) is 12. The smallest absolute Gasteiger partial charge is 0.343 e. The van der Waals surface area contributed by atoms with E-state index in [1.54, 1.807) is 65.7 Å². The molecule has 6 aromatic carbocycles. The number of ketones is 1. The first-order valence-corrected chi connectivity index (χ1v) is 50.8. The lowest BCUT2D eigenvalue weighted by Crippen LogP contribution is -2.49. The summed E-state index contributed by atoms with van der Waals surface area (Å²) >= 11 is 11.6. The Labute approximate surface area is 756 Å². The number of fused-ring (bicyclic) bond motifs is 1. The Hall–Kier alpha value is -9.93. The van der Waals surface area contributed by atoms with E-state index in [0.29, 0.717) is 84.4 Å². The molecule has 0 aromatic heterocycles. The summed E-state index contributed by atoms with van der Waals surface area (Å²) in [5.74, 6) is 1.01. The van der Waals surface area contributed by atoms with Gasteiger partial charge in [0.15, 0.2) is 5.78 Å². The average molecular weight is 1900 g/mol. The molecule has 4 aliphatic carbocycles. The van der Waals surface area contributed by atoms with Gasteiger partial charge < -0.3 is 31.3 Å². The number of hydrazine groups is 2. The molecule has 6 aromatic rings. The molecule has 40 heteroatoms. The number of rotatable bonds is 26. The lowest BCUT2D eigenvalue weighted by atomic mass is 9.87. The largest absolute Gasteiger partial charge is 0.496 e. The van der Waals surface area contributed by atoms with Crippen molar-refractivity contribution in [1.82, 2.24) is 71.1 Å². The second-order valence-corrected chi connectivity index (χ2v) is 41.4. The van der Waals surface area contributed by atoms with Crippen molar-refractivity contribution in [2.75, 3.05) is 52.9 Å². The molecule has 2 heterocycles. The van der Waals surface area contributed by atoms with Crippen LogP contribution in [0.2, 0.25) is 10.0 Å². The SMILES string of the molecule is CCC1=C(C)CC(C(=O)NCCc2ccc(S(=O)(=O)NC(=O)NC3CCC(C)CC3)cc2)C1=O.CCCNC(=O)NS(=O)(=O)c1ccc(Cl)cc1.COc1ccc(Cl)cc1C(=O)NCCc1ccc(S(=O)(=O)NC(=O)NC2CCCCC2)cc1.Cc1ccc(S(=O)(=O)NC(=O)NN2CC3CCCC3C2)cc1.Cc1ccc(S(=O)(=O)NC(=O)NN2CCCCCC2)cc1. The quantitative estimate of drug-likeness (QED) is 0.0224. The summed E-state index contributed by atoms with van der Waals surface area (Å²) in [6, 6.07) is 31.9. The first-order valence-electron chi connectivity index (χ1n) is 42.6. The zero-order chi connectivity index (χ0) is 92.7. The highest BCUT2D eigenvalue weighted by Gasteiger charge is 2.38. The molecule has 12 N–H and O–H groups in total. The Morgan fingerprint density at radius 2 is 0.835 bits per heavy atom. The van der Waals surface area contributed by atoms with Crippen LogP contribution in [-0.2, 0) is 72.5 Å². The number of hydrogen-bond acceptors (Lipinski definition) is 21. The van der Waals surface area contributed by atoms with Crippen LogP contribution in [0.1, 0.15) is 182 Å². The van der Waals surface area contributed by atoms with Crippen LogP contribution in [0.4, 0.5) is 24.0 Å². The van der Waals surface area contributed by atoms with Gasteiger partial charge >= 0.3 is 30.2 Å².